The first-order chi connectivity index (χ1) is 10.8. The molecule has 4 rings (SSSR count). The molecule has 1 amide bonds. The first-order valence-electron chi connectivity index (χ1n) is 8.32. The number of carbonyl (C=O) groups excluding carboxylic acids is 1. The number of ether oxygens (including phenoxy) is 2. The van der Waals surface area contributed by atoms with Gasteiger partial charge in [0.1, 0.15) is 17.0 Å². The zero-order chi connectivity index (χ0) is 16.2. The number of fused-ring (bicyclic) bond motifs is 1. The van der Waals surface area contributed by atoms with E-state index >= 15 is 0 Å². The van der Waals surface area contributed by atoms with Crippen LogP contribution in [0.3, 0.4) is 0 Å². The molecule has 1 aromatic rings. The summed E-state index contributed by atoms with van der Waals surface area (Å²) < 4.78 is 11.6. The van der Waals surface area contributed by atoms with Crippen molar-refractivity contribution in [1.29, 1.82) is 0 Å². The first-order valence-corrected chi connectivity index (χ1v) is 8.32. The summed E-state index contributed by atoms with van der Waals surface area (Å²) in [5, 5.41) is 0. The molecule has 5 heteroatoms. The van der Waals surface area contributed by atoms with Crippen molar-refractivity contribution in [3.8, 4) is 5.75 Å². The van der Waals surface area contributed by atoms with Crippen molar-refractivity contribution in [2.45, 2.75) is 44.4 Å². The van der Waals surface area contributed by atoms with Crippen LogP contribution in [0.2, 0.25) is 0 Å². The van der Waals surface area contributed by atoms with Crippen molar-refractivity contribution in [2.75, 3.05) is 26.7 Å². The second kappa shape index (κ2) is 4.87. The zero-order valence-electron chi connectivity index (χ0n) is 14.1. The third kappa shape index (κ3) is 2.67. The van der Waals surface area contributed by atoms with Crippen LogP contribution in [0.5, 0.6) is 5.75 Å². The smallest absolute Gasteiger partial charge is 0.410 e. The van der Waals surface area contributed by atoms with Crippen molar-refractivity contribution in [2.24, 2.45) is 0 Å². The lowest BCUT2D eigenvalue weighted by atomic mass is 10.00. The lowest BCUT2D eigenvalue weighted by Crippen LogP contribution is -2.37. The highest BCUT2D eigenvalue weighted by Gasteiger charge is 2.48. The van der Waals surface area contributed by atoms with E-state index in [0.29, 0.717) is 6.54 Å². The molecule has 3 heterocycles. The molecule has 2 saturated heterocycles. The van der Waals surface area contributed by atoms with E-state index in [1.165, 1.54) is 11.1 Å². The van der Waals surface area contributed by atoms with Crippen molar-refractivity contribution in [3.05, 3.63) is 29.3 Å². The van der Waals surface area contributed by atoms with E-state index in [2.05, 4.69) is 36.9 Å². The highest BCUT2D eigenvalue weighted by molar-refractivity contribution is 5.70. The van der Waals surface area contributed by atoms with Crippen molar-refractivity contribution < 1.29 is 14.3 Å². The van der Waals surface area contributed by atoms with Gasteiger partial charge in [0.2, 0.25) is 0 Å². The summed E-state index contributed by atoms with van der Waals surface area (Å²) in [4.78, 5) is 15.7. The van der Waals surface area contributed by atoms with Crippen LogP contribution in [-0.2, 0) is 17.7 Å². The van der Waals surface area contributed by atoms with Gasteiger partial charge in [0.25, 0.3) is 0 Å². The van der Waals surface area contributed by atoms with Crippen LogP contribution in [0.4, 0.5) is 4.79 Å². The zero-order valence-corrected chi connectivity index (χ0v) is 14.1. The van der Waals surface area contributed by atoms with E-state index in [4.69, 9.17) is 9.47 Å². The largest absolute Gasteiger partial charge is 0.487 e. The molecule has 23 heavy (non-hydrogen) atoms. The Morgan fingerprint density at radius 3 is 2.78 bits per heavy atom. The minimum atomic E-state index is -0.298. The van der Waals surface area contributed by atoms with E-state index in [1.54, 1.807) is 4.90 Å². The number of likely N-dealkylation sites (N-methyl/N-ethyl adjacent to an activating group) is 1. The SMILES string of the molecule is CN1C[C@@]2(CCN(Cc3ccc4c(c3)CC(C)(C)O4)C2)OC1=O. The van der Waals surface area contributed by atoms with Crippen LogP contribution in [-0.4, -0.2) is 53.8 Å². The summed E-state index contributed by atoms with van der Waals surface area (Å²) in [6, 6.07) is 6.51. The third-order valence-corrected chi connectivity index (χ3v) is 5.07. The average Bonchev–Trinajstić information content (AvgIpc) is 3.06. The normalized spacial score (nSPS) is 29.0. The summed E-state index contributed by atoms with van der Waals surface area (Å²) >= 11 is 0. The van der Waals surface area contributed by atoms with Crippen LogP contribution in [0.1, 0.15) is 31.4 Å². The number of hydrogen-bond acceptors (Lipinski definition) is 4. The van der Waals surface area contributed by atoms with Crippen molar-refractivity contribution in [1.82, 2.24) is 9.80 Å². The third-order valence-electron chi connectivity index (χ3n) is 5.07. The second-order valence-corrected chi connectivity index (χ2v) is 7.85. The molecule has 0 saturated carbocycles. The van der Waals surface area contributed by atoms with Gasteiger partial charge in [-0.1, -0.05) is 12.1 Å². The van der Waals surface area contributed by atoms with Crippen LogP contribution in [0, 0.1) is 0 Å². The van der Waals surface area contributed by atoms with Crippen LogP contribution in [0.25, 0.3) is 0 Å². The Kier molecular flexibility index (Phi) is 3.14. The highest BCUT2D eigenvalue weighted by Crippen LogP contribution is 2.36. The van der Waals surface area contributed by atoms with Crippen LogP contribution >= 0.6 is 0 Å². The summed E-state index contributed by atoms with van der Waals surface area (Å²) in [5.74, 6) is 1.02. The molecule has 2 fully saturated rings. The van der Waals surface area contributed by atoms with Gasteiger partial charge < -0.3 is 14.4 Å². The Labute approximate surface area is 137 Å². The highest BCUT2D eigenvalue weighted by atomic mass is 16.6. The minimum Gasteiger partial charge on any atom is -0.487 e. The number of likely N-dealkylation sites (tertiary alicyclic amines) is 1. The van der Waals surface area contributed by atoms with E-state index in [0.717, 1.165) is 38.2 Å². The van der Waals surface area contributed by atoms with Gasteiger partial charge in [0, 0.05) is 39.5 Å². The number of carbonyl (C=O) groups is 1. The van der Waals surface area contributed by atoms with E-state index < -0.39 is 0 Å². The molecule has 0 radical (unpaired) electrons. The van der Waals surface area contributed by atoms with Gasteiger partial charge in [-0.2, -0.15) is 0 Å². The predicted octanol–water partition coefficient (Wildman–Crippen LogP) is 2.43. The minimum absolute atomic E-state index is 0.0959. The first kappa shape index (κ1) is 14.8. The molecule has 5 nitrogen and oxygen atoms in total. The Hall–Kier alpha value is -1.75. The molecule has 0 bridgehead atoms. The molecule has 3 aliphatic rings. The van der Waals surface area contributed by atoms with Crippen LogP contribution < -0.4 is 4.74 Å². The second-order valence-electron chi connectivity index (χ2n) is 7.85. The lowest BCUT2D eigenvalue weighted by molar-refractivity contribution is 0.0627. The van der Waals surface area contributed by atoms with Crippen molar-refractivity contribution in [3.63, 3.8) is 0 Å². The molecule has 124 valence electrons. The maximum absolute atomic E-state index is 11.7. The summed E-state index contributed by atoms with van der Waals surface area (Å²) in [6.07, 6.45) is 1.69. The van der Waals surface area contributed by atoms with Crippen LogP contribution in [0.15, 0.2) is 18.2 Å². The predicted molar refractivity (Wildman–Crippen MR) is 86.6 cm³/mol. The fourth-order valence-corrected chi connectivity index (χ4v) is 4.09. The molecule has 0 aliphatic carbocycles. The molecule has 0 unspecified atom stereocenters. The number of rotatable bonds is 2. The van der Waals surface area contributed by atoms with Gasteiger partial charge in [-0.15, -0.1) is 0 Å². The fraction of sp³-hybridized carbons (Fsp3) is 0.611. The maximum Gasteiger partial charge on any atom is 0.410 e. The van der Waals surface area contributed by atoms with Gasteiger partial charge in [-0.25, -0.2) is 4.79 Å². The molecule has 0 aromatic heterocycles. The molecule has 3 aliphatic heterocycles. The molecular weight excluding hydrogens is 292 g/mol. The number of hydrogen-bond donors (Lipinski definition) is 0. The van der Waals surface area contributed by atoms with Gasteiger partial charge in [-0.3, -0.25) is 4.90 Å². The van der Waals surface area contributed by atoms with Gasteiger partial charge in [0.15, 0.2) is 0 Å². The van der Waals surface area contributed by atoms with E-state index in [1.807, 2.05) is 7.05 Å². The maximum atomic E-state index is 11.7. The number of nitrogens with zero attached hydrogens (tertiary/aromatic N) is 2. The van der Waals surface area contributed by atoms with Crippen molar-refractivity contribution >= 4 is 6.09 Å². The molecule has 0 N–H and O–H groups in total. The Balaban J connectivity index is 1.44. The van der Waals surface area contributed by atoms with Gasteiger partial charge in [-0.05, 0) is 31.0 Å². The molecule has 1 atom stereocenters. The summed E-state index contributed by atoms with van der Waals surface area (Å²) in [5.41, 5.74) is 2.21. The summed E-state index contributed by atoms with van der Waals surface area (Å²) in [6.45, 7) is 7.65. The van der Waals surface area contributed by atoms with E-state index in [-0.39, 0.29) is 17.3 Å². The quantitative estimate of drug-likeness (QED) is 0.840. The molecule has 1 spiro atoms. The Bertz CT molecular complexity index is 658. The van der Waals surface area contributed by atoms with Gasteiger partial charge >= 0.3 is 6.09 Å². The Morgan fingerprint density at radius 2 is 2.04 bits per heavy atom. The molecule has 1 aromatic carbocycles. The number of amides is 1. The lowest BCUT2D eigenvalue weighted by Gasteiger charge is -2.22. The monoisotopic (exact) mass is 316 g/mol. The standard InChI is InChI=1S/C18H24N2O3/c1-17(2)9-14-8-13(4-5-15(14)22-17)10-20-7-6-18(12-20)11-19(3)16(21)23-18/h4-5,8H,6-7,9-12H2,1-3H3/t18-/m1/s1. The fourth-order valence-electron chi connectivity index (χ4n) is 4.09. The van der Waals surface area contributed by atoms with E-state index in [9.17, 15) is 4.79 Å². The molecular formula is C18H24N2O3. The topological polar surface area (TPSA) is 42.0 Å². The summed E-state index contributed by atoms with van der Waals surface area (Å²) in [7, 11) is 1.81. The number of benzene rings is 1. The Morgan fingerprint density at radius 1 is 1.22 bits per heavy atom. The van der Waals surface area contributed by atoms with Gasteiger partial charge in [0.05, 0.1) is 6.54 Å². The average molecular weight is 316 g/mol.